The molecule has 0 unspecified atom stereocenters. The maximum atomic E-state index is 9.41. The fraction of sp³-hybridized carbons (Fsp3) is 0.222. The van der Waals surface area contributed by atoms with Crippen LogP contribution in [-0.4, -0.2) is 21.9 Å². The van der Waals surface area contributed by atoms with Gasteiger partial charge in [-0.3, -0.25) is 0 Å². The second-order valence-corrected chi connectivity index (χ2v) is 6.50. The van der Waals surface area contributed by atoms with Crippen molar-refractivity contribution < 1.29 is 15.3 Å². The first-order valence-electron chi connectivity index (χ1n) is 7.15. The Hall–Kier alpha value is -1.30. The first kappa shape index (κ1) is 19.7. The minimum absolute atomic E-state index is 0.154. The van der Waals surface area contributed by atoms with Crippen LogP contribution in [0.5, 0.6) is 11.5 Å². The highest BCUT2D eigenvalue weighted by Crippen LogP contribution is 2.27. The molecule has 0 saturated heterocycles. The van der Waals surface area contributed by atoms with Crippen molar-refractivity contribution in [3.8, 4) is 11.5 Å². The van der Waals surface area contributed by atoms with Crippen LogP contribution in [0.4, 0.5) is 0 Å². The maximum Gasteiger partial charge on any atom is 0.120 e. The molecule has 0 amide bonds. The number of phenols is 2. The number of phenolic OH excluding ortho intramolecular Hbond substituents is 2. The molecule has 0 saturated carbocycles. The van der Waals surface area contributed by atoms with Gasteiger partial charge in [-0.25, -0.2) is 0 Å². The smallest absolute Gasteiger partial charge is 0.120 e. The van der Waals surface area contributed by atoms with Crippen molar-refractivity contribution in [2.24, 2.45) is 0 Å². The number of rotatable bonds is 5. The molecule has 2 aromatic rings. The van der Waals surface area contributed by atoms with Crippen LogP contribution >= 0.6 is 31.9 Å². The van der Waals surface area contributed by atoms with Crippen molar-refractivity contribution in [1.29, 1.82) is 0 Å². The normalized spacial score (nSPS) is 9.87. The molecule has 5 heteroatoms. The van der Waals surface area contributed by atoms with Crippen LogP contribution in [0.3, 0.4) is 0 Å². The van der Waals surface area contributed by atoms with Gasteiger partial charge in [0, 0.05) is 26.7 Å². The van der Waals surface area contributed by atoms with E-state index in [-0.39, 0.29) is 12.4 Å². The van der Waals surface area contributed by atoms with Crippen LogP contribution in [0.1, 0.15) is 17.5 Å². The van der Waals surface area contributed by atoms with E-state index in [2.05, 4.69) is 38.4 Å². The van der Waals surface area contributed by atoms with Crippen LogP contribution in [0, 0.1) is 0 Å². The Morgan fingerprint density at radius 2 is 1.43 bits per heavy atom. The Morgan fingerprint density at radius 1 is 0.913 bits per heavy atom. The zero-order valence-electron chi connectivity index (χ0n) is 12.7. The molecular weight excluding hydrogens is 424 g/mol. The summed E-state index contributed by atoms with van der Waals surface area (Å²) >= 11 is 6.68. The highest BCUT2D eigenvalue weighted by atomic mass is 79.9. The Balaban J connectivity index is 0.000000231. The molecule has 23 heavy (non-hydrogen) atoms. The van der Waals surface area contributed by atoms with E-state index in [1.807, 2.05) is 12.1 Å². The quantitative estimate of drug-likeness (QED) is 0.572. The molecule has 0 bridgehead atoms. The summed E-state index contributed by atoms with van der Waals surface area (Å²) in [5, 5.41) is 27.4. The monoisotopic (exact) mass is 442 g/mol. The molecule has 3 nitrogen and oxygen atoms in total. The number of allylic oxidation sites excluding steroid dienone is 1. The Bertz CT molecular complexity index is 602. The van der Waals surface area contributed by atoms with Gasteiger partial charge in [0.25, 0.3) is 0 Å². The molecule has 0 aromatic heterocycles. The van der Waals surface area contributed by atoms with Crippen LogP contribution in [0.2, 0.25) is 0 Å². The fourth-order valence-corrected chi connectivity index (χ4v) is 3.02. The van der Waals surface area contributed by atoms with Crippen LogP contribution in [-0.2, 0) is 12.8 Å². The van der Waals surface area contributed by atoms with Crippen molar-refractivity contribution >= 4 is 31.9 Å². The number of aliphatic hydroxyl groups is 1. The lowest BCUT2D eigenvalue weighted by Crippen LogP contribution is -1.91. The van der Waals surface area contributed by atoms with Gasteiger partial charge in [-0.05, 0) is 43.5 Å². The average Bonchev–Trinajstić information content (AvgIpc) is 2.51. The number of hydrogen-bond donors (Lipinski definition) is 3. The molecule has 0 aliphatic carbocycles. The molecule has 0 spiro atoms. The standard InChI is InChI=1S/C9H11BrO2.C9H9BrO/c10-8-4-1-5-9(12)7(8)3-2-6-11;1-2-4-7-8(10)5-3-6-9(7)11/h1,4-5,11-12H,2-3,6H2;2-3,5-6,11H,1,4H2. The minimum Gasteiger partial charge on any atom is -0.508 e. The minimum atomic E-state index is 0.154. The molecule has 2 rings (SSSR count). The fourth-order valence-electron chi connectivity index (χ4n) is 1.94. The van der Waals surface area contributed by atoms with E-state index in [9.17, 15) is 10.2 Å². The maximum absolute atomic E-state index is 9.41. The predicted octanol–water partition coefficient (Wildman–Crippen LogP) is 4.96. The molecule has 0 atom stereocenters. The molecule has 0 radical (unpaired) electrons. The molecule has 0 aliphatic heterocycles. The first-order valence-corrected chi connectivity index (χ1v) is 8.74. The highest BCUT2D eigenvalue weighted by molar-refractivity contribution is 9.10. The summed E-state index contributed by atoms with van der Waals surface area (Å²) in [6, 6.07) is 10.7. The topological polar surface area (TPSA) is 60.7 Å². The highest BCUT2D eigenvalue weighted by Gasteiger charge is 2.04. The van der Waals surface area contributed by atoms with Crippen LogP contribution < -0.4 is 0 Å². The van der Waals surface area contributed by atoms with E-state index < -0.39 is 0 Å². The Morgan fingerprint density at radius 3 is 1.87 bits per heavy atom. The summed E-state index contributed by atoms with van der Waals surface area (Å²) < 4.78 is 1.83. The van der Waals surface area contributed by atoms with E-state index in [4.69, 9.17) is 5.11 Å². The zero-order valence-corrected chi connectivity index (χ0v) is 15.8. The SMILES string of the molecule is C=CCc1c(O)cccc1Br.OCCCc1c(O)cccc1Br. The lowest BCUT2D eigenvalue weighted by atomic mass is 10.1. The summed E-state index contributed by atoms with van der Waals surface area (Å²) in [4.78, 5) is 0. The van der Waals surface area contributed by atoms with Crippen LogP contribution in [0.15, 0.2) is 58.0 Å². The summed E-state index contributed by atoms with van der Waals surface area (Å²) in [5.41, 5.74) is 1.76. The van der Waals surface area contributed by atoms with Crippen LogP contribution in [0.25, 0.3) is 0 Å². The number of hydrogen-bond acceptors (Lipinski definition) is 3. The van der Waals surface area contributed by atoms with E-state index in [1.165, 1.54) is 0 Å². The molecule has 0 aliphatic rings. The van der Waals surface area contributed by atoms with Crippen molar-refractivity contribution in [2.45, 2.75) is 19.3 Å². The first-order chi connectivity index (χ1) is 11.0. The lowest BCUT2D eigenvalue weighted by molar-refractivity contribution is 0.288. The predicted molar refractivity (Wildman–Crippen MR) is 101 cm³/mol. The van der Waals surface area contributed by atoms with E-state index in [1.54, 1.807) is 30.3 Å². The number of aromatic hydroxyl groups is 2. The van der Waals surface area contributed by atoms with Gasteiger partial charge in [-0.1, -0.05) is 50.1 Å². The molecule has 124 valence electrons. The zero-order chi connectivity index (χ0) is 17.2. The van der Waals surface area contributed by atoms with Gasteiger partial charge >= 0.3 is 0 Å². The van der Waals surface area contributed by atoms with Gasteiger partial charge in [-0.15, -0.1) is 6.58 Å². The number of benzene rings is 2. The van der Waals surface area contributed by atoms with Gasteiger partial charge < -0.3 is 15.3 Å². The Kier molecular flexibility index (Phi) is 8.99. The largest absolute Gasteiger partial charge is 0.508 e. The second-order valence-electron chi connectivity index (χ2n) is 4.79. The van der Waals surface area contributed by atoms with Crippen molar-refractivity contribution in [3.63, 3.8) is 0 Å². The molecule has 3 N–H and O–H groups in total. The third-order valence-electron chi connectivity index (χ3n) is 3.12. The van der Waals surface area contributed by atoms with Crippen molar-refractivity contribution in [1.82, 2.24) is 0 Å². The summed E-state index contributed by atoms with van der Waals surface area (Å²) in [6.07, 6.45) is 3.83. The van der Waals surface area contributed by atoms with Crippen molar-refractivity contribution in [3.05, 3.63) is 69.1 Å². The van der Waals surface area contributed by atoms with E-state index in [0.29, 0.717) is 25.0 Å². The molecule has 0 fully saturated rings. The lowest BCUT2D eigenvalue weighted by Gasteiger charge is -2.05. The third kappa shape index (κ3) is 6.37. The summed E-state index contributed by atoms with van der Waals surface area (Å²) in [6.45, 7) is 3.76. The van der Waals surface area contributed by atoms with Gasteiger partial charge in [-0.2, -0.15) is 0 Å². The Labute approximate surface area is 153 Å². The summed E-state index contributed by atoms with van der Waals surface area (Å²) in [7, 11) is 0. The molecule has 2 aromatic carbocycles. The van der Waals surface area contributed by atoms with Gasteiger partial charge in [0.15, 0.2) is 0 Å². The second kappa shape index (κ2) is 10.5. The van der Waals surface area contributed by atoms with E-state index in [0.717, 1.165) is 20.1 Å². The van der Waals surface area contributed by atoms with Gasteiger partial charge in [0.2, 0.25) is 0 Å². The van der Waals surface area contributed by atoms with E-state index >= 15 is 0 Å². The van der Waals surface area contributed by atoms with Gasteiger partial charge in [0.1, 0.15) is 11.5 Å². The van der Waals surface area contributed by atoms with Crippen molar-refractivity contribution in [2.75, 3.05) is 6.61 Å². The summed E-state index contributed by atoms with van der Waals surface area (Å²) in [5.74, 6) is 0.608. The number of aliphatic hydroxyl groups excluding tert-OH is 1. The molecule has 0 heterocycles. The number of halogens is 2. The average molecular weight is 444 g/mol. The van der Waals surface area contributed by atoms with Gasteiger partial charge in [0.05, 0.1) is 0 Å². The molecular formula is C18H20Br2O3. The third-order valence-corrected chi connectivity index (χ3v) is 4.61.